The lowest BCUT2D eigenvalue weighted by molar-refractivity contribution is -0.113. The van der Waals surface area contributed by atoms with Crippen LogP contribution in [0.4, 0.5) is 5.00 Å². The van der Waals surface area contributed by atoms with Crippen molar-refractivity contribution in [1.29, 1.82) is 0 Å². The van der Waals surface area contributed by atoms with Gasteiger partial charge >= 0.3 is 5.97 Å². The van der Waals surface area contributed by atoms with Gasteiger partial charge in [-0.1, -0.05) is 11.8 Å². The Bertz CT molecular complexity index is 1140. The number of nitrogen functional groups attached to an aromatic ring is 1. The Hall–Kier alpha value is -3.05. The summed E-state index contributed by atoms with van der Waals surface area (Å²) in [5.41, 5.74) is 2.26. The van der Waals surface area contributed by atoms with Gasteiger partial charge in [0.05, 0.1) is 25.5 Å². The van der Waals surface area contributed by atoms with E-state index in [9.17, 15) is 9.59 Å². The third-order valence-corrected chi connectivity index (χ3v) is 7.31. The number of rotatable bonds is 7. The van der Waals surface area contributed by atoms with Crippen LogP contribution in [0.2, 0.25) is 0 Å². The van der Waals surface area contributed by atoms with Crippen molar-refractivity contribution >= 4 is 40.0 Å². The molecule has 0 saturated carbocycles. The van der Waals surface area contributed by atoms with Crippen molar-refractivity contribution in [3.63, 3.8) is 0 Å². The van der Waals surface area contributed by atoms with Crippen LogP contribution in [-0.4, -0.2) is 46.7 Å². The van der Waals surface area contributed by atoms with E-state index in [1.807, 2.05) is 24.3 Å². The number of hydrogen-bond acceptors (Lipinski definition) is 9. The van der Waals surface area contributed by atoms with E-state index in [-0.39, 0.29) is 11.7 Å². The molecule has 0 fully saturated rings. The maximum absolute atomic E-state index is 12.6. The molecule has 4 rings (SSSR count). The number of anilines is 1. The molecular weight excluding hydrogens is 450 g/mol. The number of fused-ring (bicyclic) bond motifs is 1. The number of nitrogens with two attached hydrogens (primary N) is 1. The minimum absolute atomic E-state index is 0.0706. The number of thiophene rings is 1. The Kier molecular flexibility index (Phi) is 6.66. The number of aryl methyl sites for hydroxylation is 1. The van der Waals surface area contributed by atoms with Crippen molar-refractivity contribution < 1.29 is 19.1 Å². The second kappa shape index (κ2) is 9.61. The molecule has 1 aliphatic carbocycles. The molecule has 1 aliphatic rings. The molecule has 0 radical (unpaired) electrons. The predicted octanol–water partition coefficient (Wildman–Crippen LogP) is 3.13. The molecule has 2 aromatic heterocycles. The maximum atomic E-state index is 12.6. The highest BCUT2D eigenvalue weighted by Crippen LogP contribution is 2.38. The third-order valence-electron chi connectivity index (χ3n) is 5.16. The van der Waals surface area contributed by atoms with E-state index in [0.29, 0.717) is 21.5 Å². The van der Waals surface area contributed by atoms with Crippen LogP contribution < -0.4 is 15.9 Å². The van der Waals surface area contributed by atoms with E-state index in [2.05, 4.69) is 15.5 Å². The standard InChI is InChI=1S/C21H23N5O4S2/c1-29-13-9-7-12(8-10-13)18-24-25-21(26(18)22)31-11-16(27)23-19-17(20(28)30-2)14-5-3-4-6-15(14)32-19/h7-10H,3-6,11,22H2,1-2H3,(H,23,27). The molecule has 0 saturated heterocycles. The number of methoxy groups -OCH3 is 2. The Morgan fingerprint density at radius 2 is 1.94 bits per heavy atom. The third kappa shape index (κ3) is 4.44. The number of aromatic nitrogens is 3. The topological polar surface area (TPSA) is 121 Å². The summed E-state index contributed by atoms with van der Waals surface area (Å²) in [6, 6.07) is 7.29. The normalized spacial score (nSPS) is 12.8. The maximum Gasteiger partial charge on any atom is 0.341 e. The lowest BCUT2D eigenvalue weighted by atomic mass is 9.95. The molecule has 168 valence electrons. The second-order valence-electron chi connectivity index (χ2n) is 7.15. The smallest absolute Gasteiger partial charge is 0.341 e. The van der Waals surface area contributed by atoms with E-state index in [0.717, 1.165) is 47.4 Å². The van der Waals surface area contributed by atoms with Gasteiger partial charge in [0.25, 0.3) is 0 Å². The van der Waals surface area contributed by atoms with E-state index >= 15 is 0 Å². The number of carbonyl (C=O) groups excluding carboxylic acids is 2. The summed E-state index contributed by atoms with van der Waals surface area (Å²) in [6.45, 7) is 0. The van der Waals surface area contributed by atoms with Crippen molar-refractivity contribution in [3.8, 4) is 17.1 Å². The molecule has 0 bridgehead atoms. The van der Waals surface area contributed by atoms with Gasteiger partial charge in [-0.2, -0.15) is 0 Å². The summed E-state index contributed by atoms with van der Waals surface area (Å²) < 4.78 is 11.5. The zero-order chi connectivity index (χ0) is 22.7. The van der Waals surface area contributed by atoms with Crippen molar-refractivity contribution in [2.45, 2.75) is 30.8 Å². The number of carbonyl (C=O) groups is 2. The monoisotopic (exact) mass is 473 g/mol. The van der Waals surface area contributed by atoms with Crippen LogP contribution in [0.15, 0.2) is 29.4 Å². The summed E-state index contributed by atoms with van der Waals surface area (Å²) in [4.78, 5) is 26.1. The molecule has 0 atom stereocenters. The summed E-state index contributed by atoms with van der Waals surface area (Å²) in [5, 5.41) is 12.0. The summed E-state index contributed by atoms with van der Waals surface area (Å²) in [5.74, 6) is 6.74. The molecule has 1 aromatic carbocycles. The lowest BCUT2D eigenvalue weighted by Gasteiger charge is -2.11. The molecule has 3 N–H and O–H groups in total. The van der Waals surface area contributed by atoms with E-state index in [1.54, 1.807) is 7.11 Å². The van der Waals surface area contributed by atoms with Gasteiger partial charge in [-0.05, 0) is 55.5 Å². The van der Waals surface area contributed by atoms with Gasteiger partial charge in [0, 0.05) is 10.4 Å². The van der Waals surface area contributed by atoms with E-state index < -0.39 is 5.97 Å². The molecule has 9 nitrogen and oxygen atoms in total. The van der Waals surface area contributed by atoms with Crippen LogP contribution >= 0.6 is 23.1 Å². The number of nitrogens with zero attached hydrogens (tertiary/aromatic N) is 3. The minimum Gasteiger partial charge on any atom is -0.497 e. The number of ether oxygens (including phenoxy) is 2. The molecule has 3 aromatic rings. The first-order valence-electron chi connectivity index (χ1n) is 10.0. The lowest BCUT2D eigenvalue weighted by Crippen LogP contribution is -2.18. The van der Waals surface area contributed by atoms with Gasteiger partial charge in [0.15, 0.2) is 5.82 Å². The van der Waals surface area contributed by atoms with Crippen LogP contribution in [0.3, 0.4) is 0 Å². The Morgan fingerprint density at radius 3 is 2.66 bits per heavy atom. The van der Waals surface area contributed by atoms with E-state index in [4.69, 9.17) is 15.3 Å². The first-order chi connectivity index (χ1) is 15.5. The second-order valence-corrected chi connectivity index (χ2v) is 9.20. The highest BCUT2D eigenvalue weighted by molar-refractivity contribution is 7.99. The molecule has 32 heavy (non-hydrogen) atoms. The van der Waals surface area contributed by atoms with Crippen LogP contribution in [0.5, 0.6) is 5.75 Å². The Labute approximate surface area is 193 Å². The number of esters is 1. The number of amides is 1. The number of nitrogens with one attached hydrogen (secondary N) is 1. The zero-order valence-electron chi connectivity index (χ0n) is 17.7. The highest BCUT2D eigenvalue weighted by Gasteiger charge is 2.27. The van der Waals surface area contributed by atoms with Gasteiger partial charge in [-0.15, -0.1) is 21.5 Å². The number of thioether (sulfide) groups is 1. The van der Waals surface area contributed by atoms with Crippen LogP contribution in [-0.2, 0) is 22.4 Å². The Morgan fingerprint density at radius 1 is 1.19 bits per heavy atom. The van der Waals surface area contributed by atoms with Crippen molar-refractivity contribution in [3.05, 3.63) is 40.3 Å². The molecule has 0 unspecified atom stereocenters. The summed E-state index contributed by atoms with van der Waals surface area (Å²) in [6.07, 6.45) is 3.85. The van der Waals surface area contributed by atoms with Crippen LogP contribution in [0.1, 0.15) is 33.6 Å². The quantitative estimate of drug-likeness (QED) is 0.305. The fourth-order valence-electron chi connectivity index (χ4n) is 3.58. The van der Waals surface area contributed by atoms with Gasteiger partial charge in [-0.3, -0.25) is 4.79 Å². The van der Waals surface area contributed by atoms with Gasteiger partial charge in [0.2, 0.25) is 11.1 Å². The average molecular weight is 474 g/mol. The summed E-state index contributed by atoms with van der Waals surface area (Å²) in [7, 11) is 2.95. The first kappa shape index (κ1) is 22.2. The molecule has 1 amide bonds. The minimum atomic E-state index is -0.418. The molecule has 0 spiro atoms. The average Bonchev–Trinajstić information content (AvgIpc) is 3.37. The van der Waals surface area contributed by atoms with Crippen molar-refractivity contribution in [1.82, 2.24) is 14.9 Å². The Balaban J connectivity index is 1.44. The molecular formula is C21H23N5O4S2. The fraction of sp³-hybridized carbons (Fsp3) is 0.333. The predicted molar refractivity (Wildman–Crippen MR) is 124 cm³/mol. The van der Waals surface area contributed by atoms with Crippen molar-refractivity contribution in [2.75, 3.05) is 31.1 Å². The number of hydrogen-bond donors (Lipinski definition) is 2. The first-order valence-corrected chi connectivity index (χ1v) is 11.8. The van der Waals surface area contributed by atoms with E-state index in [1.165, 1.54) is 34.9 Å². The highest BCUT2D eigenvalue weighted by atomic mass is 32.2. The van der Waals surface area contributed by atoms with Crippen LogP contribution in [0, 0.1) is 0 Å². The SMILES string of the molecule is COC(=O)c1c(NC(=O)CSc2nnc(-c3ccc(OC)cc3)n2N)sc2c1CCCC2. The van der Waals surface area contributed by atoms with Crippen LogP contribution in [0.25, 0.3) is 11.4 Å². The largest absolute Gasteiger partial charge is 0.497 e. The zero-order valence-corrected chi connectivity index (χ0v) is 19.3. The molecule has 2 heterocycles. The molecule has 11 heteroatoms. The molecule has 0 aliphatic heterocycles. The number of benzene rings is 1. The van der Waals surface area contributed by atoms with Gasteiger partial charge < -0.3 is 20.6 Å². The van der Waals surface area contributed by atoms with Gasteiger partial charge in [-0.25, -0.2) is 9.47 Å². The summed E-state index contributed by atoms with van der Waals surface area (Å²) >= 11 is 2.62. The van der Waals surface area contributed by atoms with Gasteiger partial charge in [0.1, 0.15) is 10.8 Å². The fourth-order valence-corrected chi connectivity index (χ4v) is 5.53. The van der Waals surface area contributed by atoms with Crippen molar-refractivity contribution in [2.24, 2.45) is 0 Å².